The minimum atomic E-state index is -0.426. The van der Waals surface area contributed by atoms with Crippen molar-refractivity contribution in [3.05, 3.63) is 22.2 Å². The normalized spacial score (nSPS) is 7.90. The van der Waals surface area contributed by atoms with Gasteiger partial charge in [-0.1, -0.05) is 39.5 Å². The third kappa shape index (κ3) is 7.93. The molecule has 0 saturated heterocycles. The van der Waals surface area contributed by atoms with Crippen LogP contribution in [0.25, 0.3) is 0 Å². The quantitative estimate of drug-likeness (QED) is 0.748. The highest BCUT2D eigenvalue weighted by Gasteiger charge is 1.99. The molecule has 1 aromatic rings. The SMILES string of the molecule is CC.CC.CC(=O)NCC#Cc1cn(C)c(=O)nc1N. The summed E-state index contributed by atoms with van der Waals surface area (Å²) in [5.74, 6) is 5.37. The zero-order valence-corrected chi connectivity index (χ0v) is 13.1. The van der Waals surface area contributed by atoms with Gasteiger partial charge in [0.15, 0.2) is 0 Å². The van der Waals surface area contributed by atoms with Crippen LogP contribution < -0.4 is 16.7 Å². The van der Waals surface area contributed by atoms with Crippen LogP contribution in [0.2, 0.25) is 0 Å². The van der Waals surface area contributed by atoms with Crippen LogP contribution in [0.5, 0.6) is 0 Å². The lowest BCUT2D eigenvalue weighted by Crippen LogP contribution is -2.22. The molecule has 112 valence electrons. The van der Waals surface area contributed by atoms with Crippen molar-refractivity contribution in [3.63, 3.8) is 0 Å². The lowest BCUT2D eigenvalue weighted by atomic mass is 10.3. The second-order valence-electron chi connectivity index (χ2n) is 3.14. The minimum absolute atomic E-state index is 0.0958. The number of nitrogens with one attached hydrogen (secondary N) is 1. The maximum absolute atomic E-state index is 11.1. The van der Waals surface area contributed by atoms with Gasteiger partial charge in [-0.05, 0) is 0 Å². The minimum Gasteiger partial charge on any atom is -0.382 e. The Morgan fingerprint density at radius 2 is 1.95 bits per heavy atom. The maximum atomic E-state index is 11.1. The number of anilines is 1. The zero-order chi connectivity index (χ0) is 16.1. The number of aryl methyl sites for hydroxylation is 1. The molecule has 3 N–H and O–H groups in total. The molecule has 0 aliphatic heterocycles. The Hall–Kier alpha value is -2.29. The summed E-state index contributed by atoms with van der Waals surface area (Å²) in [4.78, 5) is 25.2. The summed E-state index contributed by atoms with van der Waals surface area (Å²) in [7, 11) is 1.56. The highest BCUT2D eigenvalue weighted by molar-refractivity contribution is 5.73. The van der Waals surface area contributed by atoms with Gasteiger partial charge in [0, 0.05) is 20.2 Å². The number of amides is 1. The van der Waals surface area contributed by atoms with E-state index in [0.29, 0.717) is 5.56 Å². The van der Waals surface area contributed by atoms with E-state index in [0.717, 1.165) is 0 Å². The first-order valence-electron chi connectivity index (χ1n) is 6.57. The topological polar surface area (TPSA) is 90.0 Å². The molecule has 6 nitrogen and oxygen atoms in total. The Morgan fingerprint density at radius 1 is 1.40 bits per heavy atom. The molecule has 0 unspecified atom stereocenters. The van der Waals surface area contributed by atoms with Crippen LogP contribution in [0, 0.1) is 11.8 Å². The average molecular weight is 280 g/mol. The van der Waals surface area contributed by atoms with Crippen LogP contribution >= 0.6 is 0 Å². The molecule has 1 amide bonds. The summed E-state index contributed by atoms with van der Waals surface area (Å²) in [5.41, 5.74) is 5.56. The van der Waals surface area contributed by atoms with Crippen molar-refractivity contribution >= 4 is 11.7 Å². The van der Waals surface area contributed by atoms with Gasteiger partial charge >= 0.3 is 5.69 Å². The van der Waals surface area contributed by atoms with Gasteiger partial charge in [-0.2, -0.15) is 4.98 Å². The molecule has 0 spiro atoms. The second kappa shape index (κ2) is 11.8. The first-order valence-corrected chi connectivity index (χ1v) is 6.57. The highest BCUT2D eigenvalue weighted by Crippen LogP contribution is 2.00. The van der Waals surface area contributed by atoms with Crippen LogP contribution in [-0.4, -0.2) is 22.0 Å². The molecule has 0 radical (unpaired) electrons. The molecule has 1 heterocycles. The Bertz CT molecular complexity index is 524. The van der Waals surface area contributed by atoms with Gasteiger partial charge in [0.2, 0.25) is 5.91 Å². The van der Waals surface area contributed by atoms with Crippen molar-refractivity contribution in [2.45, 2.75) is 34.6 Å². The first kappa shape index (κ1) is 20.0. The number of carbonyl (C=O) groups excluding carboxylic acids is 1. The van der Waals surface area contributed by atoms with E-state index in [1.165, 1.54) is 17.7 Å². The van der Waals surface area contributed by atoms with E-state index in [4.69, 9.17) is 5.73 Å². The van der Waals surface area contributed by atoms with Gasteiger partial charge < -0.3 is 15.6 Å². The van der Waals surface area contributed by atoms with E-state index in [1.807, 2.05) is 27.7 Å². The van der Waals surface area contributed by atoms with Crippen LogP contribution in [0.4, 0.5) is 5.82 Å². The Labute approximate surface area is 120 Å². The number of rotatable bonds is 1. The van der Waals surface area contributed by atoms with Crippen molar-refractivity contribution in [3.8, 4) is 11.8 Å². The Morgan fingerprint density at radius 3 is 2.45 bits per heavy atom. The monoisotopic (exact) mass is 280 g/mol. The van der Waals surface area contributed by atoms with Crippen molar-refractivity contribution in [2.24, 2.45) is 7.05 Å². The van der Waals surface area contributed by atoms with Crippen LogP contribution in [0.15, 0.2) is 11.0 Å². The van der Waals surface area contributed by atoms with Crippen molar-refractivity contribution < 1.29 is 4.79 Å². The van der Waals surface area contributed by atoms with E-state index >= 15 is 0 Å². The first-order chi connectivity index (χ1) is 9.50. The van der Waals surface area contributed by atoms with Gasteiger partial charge in [-0.15, -0.1) is 0 Å². The molecule has 0 bridgehead atoms. The molecule has 0 aliphatic rings. The predicted molar refractivity (Wildman–Crippen MR) is 82.1 cm³/mol. The van der Waals surface area contributed by atoms with Crippen LogP contribution in [-0.2, 0) is 11.8 Å². The Balaban J connectivity index is 0. The number of nitrogens with two attached hydrogens (primary N) is 1. The van der Waals surface area contributed by atoms with Gasteiger partial charge in [0.05, 0.1) is 12.1 Å². The van der Waals surface area contributed by atoms with Gasteiger partial charge in [-0.3, -0.25) is 4.79 Å². The van der Waals surface area contributed by atoms with Crippen LogP contribution in [0.3, 0.4) is 0 Å². The van der Waals surface area contributed by atoms with Gasteiger partial charge in [-0.25, -0.2) is 4.79 Å². The summed E-state index contributed by atoms with van der Waals surface area (Å²) in [6.45, 7) is 9.64. The fraction of sp³-hybridized carbons (Fsp3) is 0.500. The van der Waals surface area contributed by atoms with Gasteiger partial charge in [0.25, 0.3) is 0 Å². The lowest BCUT2D eigenvalue weighted by Gasteiger charge is -1.99. The third-order valence-electron chi connectivity index (χ3n) is 1.77. The van der Waals surface area contributed by atoms with Crippen molar-refractivity contribution in [2.75, 3.05) is 12.3 Å². The van der Waals surface area contributed by atoms with Crippen molar-refractivity contribution in [1.29, 1.82) is 0 Å². The molecule has 0 saturated carbocycles. The summed E-state index contributed by atoms with van der Waals surface area (Å²) in [6, 6.07) is 0. The lowest BCUT2D eigenvalue weighted by molar-refractivity contribution is -0.118. The maximum Gasteiger partial charge on any atom is 0.349 e. The molecule has 6 heteroatoms. The standard InChI is InChI=1S/C10H12N4O2.2C2H6/c1-7(15)12-5-3-4-8-6-14(2)10(16)13-9(8)11;2*1-2/h6H,5H2,1-2H3,(H,12,15)(H2,11,13,16);2*1-2H3. The number of nitrogens with zero attached hydrogens (tertiary/aromatic N) is 2. The summed E-state index contributed by atoms with van der Waals surface area (Å²) < 4.78 is 1.29. The molecule has 20 heavy (non-hydrogen) atoms. The highest BCUT2D eigenvalue weighted by atomic mass is 16.1. The largest absolute Gasteiger partial charge is 0.382 e. The number of hydrogen-bond acceptors (Lipinski definition) is 4. The van der Waals surface area contributed by atoms with E-state index in [1.54, 1.807) is 7.05 Å². The van der Waals surface area contributed by atoms with Gasteiger partial charge in [0.1, 0.15) is 5.82 Å². The number of carbonyl (C=O) groups is 1. The smallest absolute Gasteiger partial charge is 0.349 e. The molecule has 1 aromatic heterocycles. The van der Waals surface area contributed by atoms with E-state index in [9.17, 15) is 9.59 Å². The average Bonchev–Trinajstić information content (AvgIpc) is 2.44. The Kier molecular flexibility index (Phi) is 11.8. The molecular formula is C14H24N4O2. The summed E-state index contributed by atoms with van der Waals surface area (Å²) >= 11 is 0. The molecule has 1 rings (SSSR count). The summed E-state index contributed by atoms with van der Waals surface area (Å²) in [5, 5.41) is 2.52. The fourth-order valence-corrected chi connectivity index (χ4v) is 0.962. The molecule has 0 aliphatic carbocycles. The van der Waals surface area contributed by atoms with E-state index in [2.05, 4.69) is 22.1 Å². The van der Waals surface area contributed by atoms with Crippen LogP contribution in [0.1, 0.15) is 40.2 Å². The van der Waals surface area contributed by atoms with Crippen molar-refractivity contribution in [1.82, 2.24) is 14.9 Å². The number of aromatic nitrogens is 2. The predicted octanol–water partition coefficient (Wildman–Crippen LogP) is 0.903. The third-order valence-corrected chi connectivity index (χ3v) is 1.77. The molecule has 0 aromatic carbocycles. The van der Waals surface area contributed by atoms with E-state index in [-0.39, 0.29) is 18.3 Å². The van der Waals surface area contributed by atoms with E-state index < -0.39 is 5.69 Å². The number of hydrogen-bond donors (Lipinski definition) is 2. The summed E-state index contributed by atoms with van der Waals surface area (Å²) in [6.07, 6.45) is 1.51. The zero-order valence-electron chi connectivity index (χ0n) is 13.1. The fourth-order valence-electron chi connectivity index (χ4n) is 0.962. The molecular weight excluding hydrogens is 256 g/mol. The molecule has 0 atom stereocenters. The number of nitrogen functional groups attached to an aromatic ring is 1. The second-order valence-corrected chi connectivity index (χ2v) is 3.14. The molecule has 0 fully saturated rings.